The number of rotatable bonds is 0. The van der Waals surface area contributed by atoms with Crippen LogP contribution in [-0.2, 0) is 17.2 Å². The zero-order valence-electron chi connectivity index (χ0n) is 10.9. The van der Waals surface area contributed by atoms with Gasteiger partial charge < -0.3 is 10.5 Å². The number of hydrogen-bond donors (Lipinski definition) is 1. The van der Waals surface area contributed by atoms with Gasteiger partial charge in [0.05, 0.1) is 18.0 Å². The van der Waals surface area contributed by atoms with Crippen LogP contribution in [0, 0.1) is 0 Å². The molecule has 0 fully saturated rings. The largest absolute Gasteiger partial charge is 0.444 e. The highest BCUT2D eigenvalue weighted by atomic mass is 32.1. The van der Waals surface area contributed by atoms with E-state index in [1.54, 1.807) is 20.8 Å². The summed E-state index contributed by atoms with van der Waals surface area (Å²) in [5.41, 5.74) is 4.40. The molecule has 1 amide bonds. The smallest absolute Gasteiger partial charge is 0.410 e. The van der Waals surface area contributed by atoms with E-state index < -0.39 is 24.2 Å². The summed E-state index contributed by atoms with van der Waals surface area (Å²) in [5, 5.41) is 0.0794. The number of nitrogens with two attached hydrogens (primary N) is 1. The Kier molecular flexibility index (Phi) is 3.16. The number of anilines is 1. The predicted molar refractivity (Wildman–Crippen MR) is 67.1 cm³/mol. The van der Waals surface area contributed by atoms with Gasteiger partial charge in [0.1, 0.15) is 11.3 Å². The number of carbonyl (C=O) groups is 1. The van der Waals surface area contributed by atoms with Gasteiger partial charge in [-0.2, -0.15) is 8.78 Å². The summed E-state index contributed by atoms with van der Waals surface area (Å²) in [6, 6.07) is 0. The summed E-state index contributed by atoms with van der Waals surface area (Å²) in [7, 11) is 0. The van der Waals surface area contributed by atoms with Crippen molar-refractivity contribution in [3.05, 3.63) is 10.6 Å². The van der Waals surface area contributed by atoms with Crippen LogP contribution in [0.5, 0.6) is 0 Å². The Morgan fingerprint density at radius 3 is 2.74 bits per heavy atom. The van der Waals surface area contributed by atoms with Crippen molar-refractivity contribution in [2.75, 3.05) is 12.3 Å². The van der Waals surface area contributed by atoms with E-state index in [1.165, 1.54) is 0 Å². The molecule has 2 rings (SSSR count). The Bertz CT molecular complexity index is 511. The lowest BCUT2D eigenvalue weighted by molar-refractivity contribution is -0.0611. The quantitative estimate of drug-likeness (QED) is 0.797. The third-order valence-corrected chi connectivity index (χ3v) is 3.31. The monoisotopic (exact) mass is 291 g/mol. The van der Waals surface area contributed by atoms with Crippen molar-refractivity contribution in [3.8, 4) is 0 Å². The second-order valence-electron chi connectivity index (χ2n) is 5.36. The maximum atomic E-state index is 13.9. The normalized spacial score (nSPS) is 18.1. The molecule has 0 aliphatic carbocycles. The summed E-state index contributed by atoms with van der Waals surface area (Å²) in [5.74, 6) is -3.20. The fraction of sp³-hybridized carbons (Fsp3) is 0.636. The van der Waals surface area contributed by atoms with E-state index in [4.69, 9.17) is 10.5 Å². The molecule has 1 aromatic heterocycles. The van der Waals surface area contributed by atoms with Crippen LogP contribution in [0.15, 0.2) is 0 Å². The number of fused-ring (bicyclic) bond motifs is 1. The van der Waals surface area contributed by atoms with Crippen LogP contribution in [0.3, 0.4) is 0 Å². The minimum atomic E-state index is -3.20. The second kappa shape index (κ2) is 4.29. The molecule has 0 spiro atoms. The van der Waals surface area contributed by atoms with Crippen molar-refractivity contribution in [3.63, 3.8) is 0 Å². The molecule has 8 heteroatoms. The molecule has 0 saturated carbocycles. The van der Waals surface area contributed by atoms with Crippen molar-refractivity contribution < 1.29 is 18.3 Å². The molecule has 1 aliphatic heterocycles. The van der Waals surface area contributed by atoms with Gasteiger partial charge >= 0.3 is 12.0 Å². The molecule has 5 nitrogen and oxygen atoms in total. The van der Waals surface area contributed by atoms with Gasteiger partial charge in [0.25, 0.3) is 0 Å². The van der Waals surface area contributed by atoms with E-state index >= 15 is 0 Å². The molecule has 1 aliphatic rings. The predicted octanol–water partition coefficient (Wildman–Crippen LogP) is 2.57. The van der Waals surface area contributed by atoms with Crippen LogP contribution in [-0.4, -0.2) is 28.1 Å². The molecule has 2 heterocycles. The van der Waals surface area contributed by atoms with Crippen LogP contribution >= 0.6 is 11.3 Å². The molecular formula is C11H15F2N3O2S. The second-order valence-corrected chi connectivity index (χ2v) is 6.48. The van der Waals surface area contributed by atoms with Crippen molar-refractivity contribution in [2.24, 2.45) is 0 Å². The van der Waals surface area contributed by atoms with Gasteiger partial charge in [-0.15, -0.1) is 0 Å². The van der Waals surface area contributed by atoms with Crippen molar-refractivity contribution in [2.45, 2.75) is 38.8 Å². The van der Waals surface area contributed by atoms with E-state index in [2.05, 4.69) is 4.98 Å². The maximum absolute atomic E-state index is 13.9. The van der Waals surface area contributed by atoms with Gasteiger partial charge in [0.15, 0.2) is 5.13 Å². The van der Waals surface area contributed by atoms with Crippen LogP contribution in [0.1, 0.15) is 31.3 Å². The molecule has 0 aromatic carbocycles. The number of aromatic nitrogens is 1. The molecular weight excluding hydrogens is 276 g/mol. The fourth-order valence-corrected chi connectivity index (χ4v) is 2.66. The fourth-order valence-electron chi connectivity index (χ4n) is 1.76. The summed E-state index contributed by atoms with van der Waals surface area (Å²) >= 11 is 0.969. The summed E-state index contributed by atoms with van der Waals surface area (Å²) < 4.78 is 32.9. The maximum Gasteiger partial charge on any atom is 0.410 e. The summed E-state index contributed by atoms with van der Waals surface area (Å²) in [6.45, 7) is 4.36. The number of alkyl halides is 2. The van der Waals surface area contributed by atoms with E-state index in [0.717, 1.165) is 16.2 Å². The summed E-state index contributed by atoms with van der Waals surface area (Å²) in [6.07, 6.45) is -0.759. The van der Waals surface area contributed by atoms with E-state index in [9.17, 15) is 13.6 Å². The third-order valence-electron chi connectivity index (χ3n) is 2.44. The number of halogens is 2. The lowest BCUT2D eigenvalue weighted by atomic mass is 10.1. The van der Waals surface area contributed by atoms with Crippen molar-refractivity contribution >= 4 is 22.6 Å². The number of thiazole rings is 1. The lowest BCUT2D eigenvalue weighted by Crippen LogP contribution is -2.45. The Hall–Kier alpha value is -1.44. The van der Waals surface area contributed by atoms with Gasteiger partial charge in [-0.05, 0) is 20.8 Å². The molecule has 106 valence electrons. The molecule has 1 aromatic rings. The van der Waals surface area contributed by atoms with Gasteiger partial charge in [-0.3, -0.25) is 4.90 Å². The molecule has 0 atom stereocenters. The molecule has 0 saturated heterocycles. The highest BCUT2D eigenvalue weighted by Gasteiger charge is 2.45. The molecule has 0 unspecified atom stereocenters. The number of nitrogen functional groups attached to an aromatic ring is 1. The number of carbonyl (C=O) groups excluding carboxylic acids is 1. The van der Waals surface area contributed by atoms with E-state index in [0.29, 0.717) is 4.88 Å². The molecule has 2 N–H and O–H groups in total. The Morgan fingerprint density at radius 2 is 2.16 bits per heavy atom. The standard InChI is InChI=1S/C11H15F2N3O2S/c1-10(2,3)18-9(17)16-4-6-7(11(12,13)5-16)15-8(14)19-6/h4-5H2,1-3H3,(H2,14,15). The Morgan fingerprint density at radius 1 is 1.53 bits per heavy atom. The van der Waals surface area contributed by atoms with Crippen LogP contribution in [0.4, 0.5) is 18.7 Å². The van der Waals surface area contributed by atoms with Crippen LogP contribution < -0.4 is 5.73 Å². The van der Waals surface area contributed by atoms with Crippen molar-refractivity contribution in [1.29, 1.82) is 0 Å². The lowest BCUT2D eigenvalue weighted by Gasteiger charge is -2.33. The zero-order valence-corrected chi connectivity index (χ0v) is 11.7. The van der Waals surface area contributed by atoms with Gasteiger partial charge in [-0.25, -0.2) is 9.78 Å². The average Bonchev–Trinajstić information content (AvgIpc) is 2.56. The van der Waals surface area contributed by atoms with E-state index in [1.807, 2.05) is 0 Å². The number of hydrogen-bond acceptors (Lipinski definition) is 5. The van der Waals surface area contributed by atoms with Crippen molar-refractivity contribution in [1.82, 2.24) is 9.88 Å². The minimum Gasteiger partial charge on any atom is -0.444 e. The molecule has 0 bridgehead atoms. The van der Waals surface area contributed by atoms with Crippen LogP contribution in [0.2, 0.25) is 0 Å². The first-order chi connectivity index (χ1) is 8.58. The Balaban J connectivity index is 2.22. The first kappa shape index (κ1) is 14.0. The SMILES string of the molecule is CC(C)(C)OC(=O)N1Cc2sc(N)nc2C(F)(F)C1. The first-order valence-electron chi connectivity index (χ1n) is 5.70. The third kappa shape index (κ3) is 2.94. The highest BCUT2D eigenvalue weighted by molar-refractivity contribution is 7.15. The van der Waals surface area contributed by atoms with Gasteiger partial charge in [0.2, 0.25) is 0 Å². The Labute approximate surface area is 113 Å². The van der Waals surface area contributed by atoms with E-state index in [-0.39, 0.29) is 17.4 Å². The van der Waals surface area contributed by atoms with Gasteiger partial charge in [0, 0.05) is 0 Å². The number of nitrogens with zero attached hydrogens (tertiary/aromatic N) is 2. The first-order valence-corrected chi connectivity index (χ1v) is 6.51. The van der Waals surface area contributed by atoms with Crippen LogP contribution in [0.25, 0.3) is 0 Å². The molecule has 0 radical (unpaired) electrons. The topological polar surface area (TPSA) is 68.5 Å². The highest BCUT2D eigenvalue weighted by Crippen LogP contribution is 2.39. The number of ether oxygens (including phenoxy) is 1. The summed E-state index contributed by atoms with van der Waals surface area (Å²) in [4.78, 5) is 16.8. The van der Waals surface area contributed by atoms with Gasteiger partial charge in [-0.1, -0.05) is 11.3 Å². The zero-order chi connectivity index (χ0) is 14.4. The molecule has 19 heavy (non-hydrogen) atoms. The minimum absolute atomic E-state index is 0.0503. The average molecular weight is 291 g/mol. The number of amides is 1.